The summed E-state index contributed by atoms with van der Waals surface area (Å²) in [6.07, 6.45) is 5.66. The predicted octanol–water partition coefficient (Wildman–Crippen LogP) is 5.55. The fraction of sp³-hybridized carbons (Fsp3) is 0.273. The highest BCUT2D eigenvalue weighted by molar-refractivity contribution is 9.10. The molecule has 4 rings (SSSR count). The normalized spacial score (nSPS) is 14.8. The molecule has 2 N–H and O–H groups in total. The number of halogens is 1. The van der Waals surface area contributed by atoms with E-state index in [9.17, 15) is 9.59 Å². The molecule has 2 aromatic carbocycles. The molecule has 0 spiro atoms. The number of para-hydroxylation sites is 1. The molecular formula is C22H21BrN2O3. The summed E-state index contributed by atoms with van der Waals surface area (Å²) in [6.45, 7) is 0. The largest absolute Gasteiger partial charge is 0.421 e. The van der Waals surface area contributed by atoms with Crippen molar-refractivity contribution >= 4 is 44.2 Å². The van der Waals surface area contributed by atoms with Crippen molar-refractivity contribution in [3.8, 4) is 0 Å². The van der Waals surface area contributed by atoms with Crippen LogP contribution in [0.4, 0.5) is 11.4 Å². The van der Waals surface area contributed by atoms with Crippen LogP contribution in [0.25, 0.3) is 11.0 Å². The van der Waals surface area contributed by atoms with Crippen LogP contribution < -0.4 is 16.3 Å². The Kier molecular flexibility index (Phi) is 5.48. The average molecular weight is 441 g/mol. The molecule has 1 aromatic heterocycles. The second kappa shape index (κ2) is 8.19. The smallest absolute Gasteiger partial charge is 0.362 e. The average Bonchev–Trinajstić information content (AvgIpc) is 2.71. The summed E-state index contributed by atoms with van der Waals surface area (Å²) in [4.78, 5) is 25.5. The third-order valence-electron chi connectivity index (χ3n) is 5.12. The molecule has 0 bridgehead atoms. The van der Waals surface area contributed by atoms with E-state index < -0.39 is 5.63 Å². The van der Waals surface area contributed by atoms with E-state index >= 15 is 0 Å². The van der Waals surface area contributed by atoms with Crippen molar-refractivity contribution in [3.05, 3.63) is 69.0 Å². The number of rotatable bonds is 4. The molecule has 0 aliphatic heterocycles. The minimum atomic E-state index is -0.558. The van der Waals surface area contributed by atoms with Crippen LogP contribution in [0, 0.1) is 0 Å². The first kappa shape index (κ1) is 18.7. The van der Waals surface area contributed by atoms with Gasteiger partial charge >= 0.3 is 5.63 Å². The molecule has 1 aliphatic rings. The molecule has 0 unspecified atom stereocenters. The number of hydrogen-bond acceptors (Lipinski definition) is 4. The van der Waals surface area contributed by atoms with E-state index in [0.717, 1.165) is 31.1 Å². The second-order valence-corrected chi connectivity index (χ2v) is 7.90. The van der Waals surface area contributed by atoms with E-state index in [1.807, 2.05) is 24.3 Å². The molecule has 1 aliphatic carbocycles. The summed E-state index contributed by atoms with van der Waals surface area (Å²) in [5, 5.41) is 7.09. The Hall–Kier alpha value is -2.60. The number of anilines is 2. The van der Waals surface area contributed by atoms with Crippen molar-refractivity contribution in [1.82, 2.24) is 0 Å². The number of hydrogen-bond donors (Lipinski definition) is 2. The fourth-order valence-corrected chi connectivity index (χ4v) is 4.16. The van der Waals surface area contributed by atoms with Gasteiger partial charge in [-0.15, -0.1) is 0 Å². The van der Waals surface area contributed by atoms with E-state index in [2.05, 4.69) is 26.6 Å². The van der Waals surface area contributed by atoms with E-state index in [0.29, 0.717) is 21.3 Å². The van der Waals surface area contributed by atoms with Crippen LogP contribution in [0.1, 0.15) is 42.5 Å². The van der Waals surface area contributed by atoms with Crippen LogP contribution >= 0.6 is 15.9 Å². The monoisotopic (exact) mass is 440 g/mol. The van der Waals surface area contributed by atoms with Gasteiger partial charge in [0.1, 0.15) is 5.58 Å². The lowest BCUT2D eigenvalue weighted by Crippen LogP contribution is -2.26. The van der Waals surface area contributed by atoms with Gasteiger partial charge in [-0.05, 0) is 53.0 Å². The van der Waals surface area contributed by atoms with Gasteiger partial charge in [0, 0.05) is 15.9 Å². The number of nitrogens with one attached hydrogen (secondary N) is 2. The summed E-state index contributed by atoms with van der Waals surface area (Å²) >= 11 is 3.39. The zero-order chi connectivity index (χ0) is 19.5. The van der Waals surface area contributed by atoms with E-state index in [-0.39, 0.29) is 17.6 Å². The Morgan fingerprint density at radius 2 is 1.68 bits per heavy atom. The molecule has 144 valence electrons. The maximum atomic E-state index is 12.8. The molecule has 0 saturated heterocycles. The van der Waals surface area contributed by atoms with E-state index in [1.54, 1.807) is 24.3 Å². The highest BCUT2D eigenvalue weighted by atomic mass is 79.9. The van der Waals surface area contributed by atoms with Gasteiger partial charge in [-0.25, -0.2) is 4.79 Å². The summed E-state index contributed by atoms with van der Waals surface area (Å²) in [7, 11) is 0. The number of amides is 1. The topological polar surface area (TPSA) is 71.3 Å². The van der Waals surface area contributed by atoms with Crippen LogP contribution in [-0.4, -0.2) is 11.9 Å². The third kappa shape index (κ3) is 3.83. The van der Waals surface area contributed by atoms with Gasteiger partial charge in [-0.3, -0.25) is 4.79 Å². The maximum absolute atomic E-state index is 12.8. The van der Waals surface area contributed by atoms with Crippen LogP contribution in [0.5, 0.6) is 0 Å². The molecule has 3 aromatic rings. The Balaban J connectivity index is 1.77. The number of benzene rings is 2. The first-order valence-corrected chi connectivity index (χ1v) is 10.3. The lowest BCUT2D eigenvalue weighted by molar-refractivity contribution is 0.102. The fourth-order valence-electron chi connectivity index (χ4n) is 3.69. The number of carbonyl (C=O) groups is 1. The third-order valence-corrected chi connectivity index (χ3v) is 5.82. The van der Waals surface area contributed by atoms with Gasteiger partial charge in [-0.2, -0.15) is 0 Å². The molecule has 0 atom stereocenters. The van der Waals surface area contributed by atoms with Gasteiger partial charge in [-0.1, -0.05) is 43.5 Å². The lowest BCUT2D eigenvalue weighted by atomic mass is 9.95. The number of carbonyl (C=O) groups excluding carboxylic acids is 1. The van der Waals surface area contributed by atoms with Gasteiger partial charge in [0.2, 0.25) is 0 Å². The SMILES string of the molecule is O=C(Nc1c(NC2CCCCC2)c2ccccc2oc1=O)c1ccccc1Br. The van der Waals surface area contributed by atoms with Crippen LogP contribution in [-0.2, 0) is 0 Å². The minimum Gasteiger partial charge on any atom is -0.421 e. The summed E-state index contributed by atoms with van der Waals surface area (Å²) < 4.78 is 6.13. The quantitative estimate of drug-likeness (QED) is 0.521. The van der Waals surface area contributed by atoms with Crippen LogP contribution in [0.15, 0.2) is 62.2 Å². The molecule has 1 fully saturated rings. The van der Waals surface area contributed by atoms with E-state index in [4.69, 9.17) is 4.42 Å². The molecule has 5 nitrogen and oxygen atoms in total. The lowest BCUT2D eigenvalue weighted by Gasteiger charge is -2.25. The van der Waals surface area contributed by atoms with E-state index in [1.165, 1.54) is 6.42 Å². The summed E-state index contributed by atoms with van der Waals surface area (Å²) in [5.41, 5.74) is 1.20. The maximum Gasteiger partial charge on any atom is 0.362 e. The van der Waals surface area contributed by atoms with Crippen molar-refractivity contribution in [2.24, 2.45) is 0 Å². The first-order valence-electron chi connectivity index (χ1n) is 9.52. The first-order chi connectivity index (χ1) is 13.6. The van der Waals surface area contributed by atoms with Crippen molar-refractivity contribution in [2.75, 3.05) is 10.6 Å². The molecule has 6 heteroatoms. The molecular weight excluding hydrogens is 420 g/mol. The molecule has 28 heavy (non-hydrogen) atoms. The Bertz CT molecular complexity index is 1070. The highest BCUT2D eigenvalue weighted by Gasteiger charge is 2.22. The summed E-state index contributed by atoms with van der Waals surface area (Å²) in [6, 6.07) is 14.8. The van der Waals surface area contributed by atoms with Gasteiger partial charge in [0.05, 0.1) is 11.3 Å². The number of fused-ring (bicyclic) bond motifs is 1. The van der Waals surface area contributed by atoms with Crippen molar-refractivity contribution in [2.45, 2.75) is 38.1 Å². The molecule has 1 amide bonds. The molecule has 1 saturated carbocycles. The zero-order valence-electron chi connectivity index (χ0n) is 15.3. The van der Waals surface area contributed by atoms with Crippen molar-refractivity contribution < 1.29 is 9.21 Å². The molecule has 0 radical (unpaired) electrons. The zero-order valence-corrected chi connectivity index (χ0v) is 16.9. The van der Waals surface area contributed by atoms with Crippen LogP contribution in [0.3, 0.4) is 0 Å². The highest BCUT2D eigenvalue weighted by Crippen LogP contribution is 2.32. The van der Waals surface area contributed by atoms with Crippen molar-refractivity contribution in [3.63, 3.8) is 0 Å². The standard InChI is InChI=1S/C22H21BrN2O3/c23-17-12-6-4-10-15(17)21(26)25-20-19(24-14-8-2-1-3-9-14)16-11-5-7-13-18(16)28-22(20)27/h4-7,10-14,24H,1-3,8-9H2,(H,25,26). The summed E-state index contributed by atoms with van der Waals surface area (Å²) in [5.74, 6) is -0.359. The molecule has 1 heterocycles. The Morgan fingerprint density at radius 3 is 2.46 bits per heavy atom. The second-order valence-electron chi connectivity index (χ2n) is 7.05. The Labute approximate surface area is 171 Å². The Morgan fingerprint density at radius 1 is 0.964 bits per heavy atom. The van der Waals surface area contributed by atoms with Crippen LogP contribution in [0.2, 0.25) is 0 Å². The van der Waals surface area contributed by atoms with Gasteiger partial charge < -0.3 is 15.1 Å². The van der Waals surface area contributed by atoms with Gasteiger partial charge in [0.15, 0.2) is 5.69 Å². The van der Waals surface area contributed by atoms with Crippen molar-refractivity contribution in [1.29, 1.82) is 0 Å². The minimum absolute atomic E-state index is 0.157. The van der Waals surface area contributed by atoms with Gasteiger partial charge in [0.25, 0.3) is 5.91 Å². The predicted molar refractivity (Wildman–Crippen MR) is 115 cm³/mol.